The van der Waals surface area contributed by atoms with E-state index in [1.807, 2.05) is 0 Å². The number of nitrogens with one attached hydrogen (secondary N) is 1. The van der Waals surface area contributed by atoms with Crippen molar-refractivity contribution in [3.8, 4) is 0 Å². The van der Waals surface area contributed by atoms with Crippen LogP contribution in [0, 0.1) is 5.41 Å². The van der Waals surface area contributed by atoms with Gasteiger partial charge in [0.1, 0.15) is 0 Å². The van der Waals surface area contributed by atoms with Gasteiger partial charge in [0.25, 0.3) is 5.91 Å². The van der Waals surface area contributed by atoms with Crippen molar-refractivity contribution in [2.75, 3.05) is 12.3 Å². The second-order valence-corrected chi connectivity index (χ2v) is 5.05. The highest BCUT2D eigenvalue weighted by Crippen LogP contribution is 2.21. The van der Waals surface area contributed by atoms with E-state index in [1.165, 1.54) is 12.1 Å². The van der Waals surface area contributed by atoms with Crippen molar-refractivity contribution in [1.82, 2.24) is 5.32 Å². The molecule has 1 unspecified atom stereocenters. The fourth-order valence-electron chi connectivity index (χ4n) is 1.40. The maximum atomic E-state index is 11.9. The maximum Gasteiger partial charge on any atom is 0.311 e. The lowest BCUT2D eigenvalue weighted by molar-refractivity contribution is -0.147. The number of aliphatic carboxylic acids is 1. The van der Waals surface area contributed by atoms with Gasteiger partial charge in [0.05, 0.1) is 16.1 Å². The molecule has 0 aliphatic heterocycles. The largest absolute Gasteiger partial charge is 0.481 e. The van der Waals surface area contributed by atoms with Crippen LogP contribution in [-0.2, 0) is 4.79 Å². The Labute approximate surface area is 116 Å². The second-order valence-electron chi connectivity index (χ2n) is 4.64. The van der Waals surface area contributed by atoms with Crippen LogP contribution in [0.2, 0.25) is 5.02 Å². The second kappa shape index (κ2) is 5.93. The van der Waals surface area contributed by atoms with E-state index >= 15 is 0 Å². The zero-order chi connectivity index (χ0) is 14.6. The quantitative estimate of drug-likeness (QED) is 0.722. The predicted octanol–water partition coefficient (Wildman–Crippen LogP) is 2.15. The predicted molar refractivity (Wildman–Crippen MR) is 74.2 cm³/mol. The van der Waals surface area contributed by atoms with Gasteiger partial charge < -0.3 is 16.2 Å². The van der Waals surface area contributed by atoms with E-state index in [4.69, 9.17) is 22.4 Å². The number of carbonyl (C=O) groups excluding carboxylic acids is 1. The molecular formula is C13H17ClN2O3. The first kappa shape index (κ1) is 15.3. The Balaban J connectivity index is 2.75. The van der Waals surface area contributed by atoms with Crippen molar-refractivity contribution in [2.24, 2.45) is 5.41 Å². The molecule has 1 aromatic rings. The number of nitrogen functional groups attached to an aromatic ring is 1. The van der Waals surface area contributed by atoms with Gasteiger partial charge in [-0.15, -0.1) is 0 Å². The molecule has 0 saturated heterocycles. The van der Waals surface area contributed by atoms with Gasteiger partial charge in [0.15, 0.2) is 0 Å². The van der Waals surface area contributed by atoms with E-state index < -0.39 is 11.4 Å². The van der Waals surface area contributed by atoms with E-state index in [0.29, 0.717) is 22.7 Å². The Kier molecular flexibility index (Phi) is 4.78. The Morgan fingerprint density at radius 3 is 2.58 bits per heavy atom. The molecule has 0 aliphatic carbocycles. The van der Waals surface area contributed by atoms with Crippen molar-refractivity contribution in [2.45, 2.75) is 20.3 Å². The van der Waals surface area contributed by atoms with Crippen molar-refractivity contribution < 1.29 is 14.7 Å². The number of rotatable bonds is 5. The van der Waals surface area contributed by atoms with Gasteiger partial charge in [-0.1, -0.05) is 18.5 Å². The third kappa shape index (κ3) is 3.61. The minimum Gasteiger partial charge on any atom is -0.481 e. The highest BCUT2D eigenvalue weighted by atomic mass is 35.5. The highest BCUT2D eigenvalue weighted by Gasteiger charge is 2.31. The maximum absolute atomic E-state index is 11.9. The topological polar surface area (TPSA) is 92.4 Å². The molecule has 0 fully saturated rings. The fourth-order valence-corrected chi connectivity index (χ4v) is 1.58. The van der Waals surface area contributed by atoms with Crippen LogP contribution in [0.3, 0.4) is 0 Å². The summed E-state index contributed by atoms with van der Waals surface area (Å²) in [7, 11) is 0. The molecule has 1 rings (SSSR count). The van der Waals surface area contributed by atoms with E-state index in [1.54, 1.807) is 19.9 Å². The molecule has 1 amide bonds. The molecule has 104 valence electrons. The molecular weight excluding hydrogens is 268 g/mol. The Morgan fingerprint density at radius 1 is 1.47 bits per heavy atom. The van der Waals surface area contributed by atoms with Crippen LogP contribution < -0.4 is 11.1 Å². The van der Waals surface area contributed by atoms with Gasteiger partial charge in [0.2, 0.25) is 0 Å². The van der Waals surface area contributed by atoms with E-state index in [2.05, 4.69) is 5.32 Å². The summed E-state index contributed by atoms with van der Waals surface area (Å²) in [4.78, 5) is 23.0. The van der Waals surface area contributed by atoms with Gasteiger partial charge in [-0.05, 0) is 31.5 Å². The van der Waals surface area contributed by atoms with Gasteiger partial charge in [-0.2, -0.15) is 0 Å². The summed E-state index contributed by atoms with van der Waals surface area (Å²) in [6, 6.07) is 4.53. The zero-order valence-corrected chi connectivity index (χ0v) is 11.6. The van der Waals surface area contributed by atoms with Crippen molar-refractivity contribution >= 4 is 29.2 Å². The van der Waals surface area contributed by atoms with Gasteiger partial charge >= 0.3 is 5.97 Å². The molecule has 4 N–H and O–H groups in total. The third-order valence-corrected chi connectivity index (χ3v) is 3.53. The van der Waals surface area contributed by atoms with Crippen LogP contribution >= 0.6 is 11.6 Å². The highest BCUT2D eigenvalue weighted by molar-refractivity contribution is 6.33. The molecule has 0 heterocycles. The number of carboxylic acids is 1. The average molecular weight is 285 g/mol. The first-order valence-corrected chi connectivity index (χ1v) is 6.24. The van der Waals surface area contributed by atoms with E-state index in [0.717, 1.165) is 0 Å². The number of nitrogens with two attached hydrogens (primary N) is 1. The van der Waals surface area contributed by atoms with E-state index in [-0.39, 0.29) is 12.5 Å². The summed E-state index contributed by atoms with van der Waals surface area (Å²) in [5, 5.41) is 12.0. The smallest absolute Gasteiger partial charge is 0.311 e. The van der Waals surface area contributed by atoms with Crippen LogP contribution in [0.1, 0.15) is 30.6 Å². The molecule has 0 saturated carbocycles. The molecule has 6 heteroatoms. The Bertz CT molecular complexity index is 505. The van der Waals surface area contributed by atoms with Crippen molar-refractivity contribution in [3.63, 3.8) is 0 Å². The Hall–Kier alpha value is -1.75. The summed E-state index contributed by atoms with van der Waals surface area (Å²) in [5.41, 5.74) is 5.31. The monoisotopic (exact) mass is 284 g/mol. The lowest BCUT2D eigenvalue weighted by Gasteiger charge is -2.23. The SMILES string of the molecule is CCC(C)(CNC(=O)c1ccc(N)c(Cl)c1)C(=O)O. The number of hydrogen-bond donors (Lipinski definition) is 3. The van der Waals surface area contributed by atoms with Crippen LogP contribution in [0.25, 0.3) is 0 Å². The summed E-state index contributed by atoms with van der Waals surface area (Å²) < 4.78 is 0. The summed E-state index contributed by atoms with van der Waals surface area (Å²) in [6.45, 7) is 3.41. The number of amides is 1. The summed E-state index contributed by atoms with van der Waals surface area (Å²) in [6.07, 6.45) is 0.422. The van der Waals surface area contributed by atoms with Gasteiger partial charge in [0, 0.05) is 12.1 Å². The fraction of sp³-hybridized carbons (Fsp3) is 0.385. The van der Waals surface area contributed by atoms with Crippen molar-refractivity contribution in [3.05, 3.63) is 28.8 Å². The number of benzene rings is 1. The molecule has 5 nitrogen and oxygen atoms in total. The number of hydrogen-bond acceptors (Lipinski definition) is 3. The third-order valence-electron chi connectivity index (χ3n) is 3.20. The minimum atomic E-state index is -0.979. The molecule has 19 heavy (non-hydrogen) atoms. The number of halogens is 1. The average Bonchev–Trinajstić information content (AvgIpc) is 2.38. The first-order valence-electron chi connectivity index (χ1n) is 5.87. The molecule has 0 radical (unpaired) electrons. The van der Waals surface area contributed by atoms with Crippen LogP contribution in [-0.4, -0.2) is 23.5 Å². The van der Waals surface area contributed by atoms with Gasteiger partial charge in [-0.25, -0.2) is 0 Å². The van der Waals surface area contributed by atoms with E-state index in [9.17, 15) is 9.59 Å². The normalized spacial score (nSPS) is 13.6. The first-order chi connectivity index (χ1) is 8.80. The lowest BCUT2D eigenvalue weighted by Crippen LogP contribution is -2.40. The lowest BCUT2D eigenvalue weighted by atomic mass is 9.87. The number of carboxylic acid groups (broad SMARTS) is 1. The molecule has 0 spiro atoms. The van der Waals surface area contributed by atoms with Crippen LogP contribution in [0.15, 0.2) is 18.2 Å². The Morgan fingerprint density at radius 2 is 2.11 bits per heavy atom. The number of anilines is 1. The minimum absolute atomic E-state index is 0.0552. The summed E-state index contributed by atoms with van der Waals surface area (Å²) in [5.74, 6) is -1.31. The van der Waals surface area contributed by atoms with Crippen molar-refractivity contribution in [1.29, 1.82) is 0 Å². The molecule has 0 aromatic heterocycles. The van der Waals surface area contributed by atoms with Gasteiger partial charge in [-0.3, -0.25) is 9.59 Å². The number of carbonyl (C=O) groups is 2. The standard InChI is InChI=1S/C13H17ClN2O3/c1-3-13(2,12(18)19)7-16-11(17)8-4-5-10(15)9(14)6-8/h4-6H,3,7,15H2,1-2H3,(H,16,17)(H,18,19). The van der Waals surface area contributed by atoms with Crippen LogP contribution in [0.5, 0.6) is 0 Å². The molecule has 1 atom stereocenters. The molecule has 1 aromatic carbocycles. The summed E-state index contributed by atoms with van der Waals surface area (Å²) >= 11 is 5.83. The van der Waals surface area contributed by atoms with Crippen LogP contribution in [0.4, 0.5) is 5.69 Å². The molecule has 0 aliphatic rings. The zero-order valence-electron chi connectivity index (χ0n) is 10.9. The molecule has 0 bridgehead atoms.